The third kappa shape index (κ3) is 6.32. The molecule has 11 heteroatoms. The molecule has 4 rings (SSSR count). The van der Waals surface area contributed by atoms with Crippen molar-refractivity contribution in [2.75, 3.05) is 13.1 Å². The van der Waals surface area contributed by atoms with E-state index in [9.17, 15) is 22.8 Å². The molecule has 0 unspecified atom stereocenters. The van der Waals surface area contributed by atoms with Crippen molar-refractivity contribution in [1.82, 2.24) is 14.5 Å². The van der Waals surface area contributed by atoms with E-state index < -0.39 is 40.3 Å². The molecular weight excluding hydrogens is 573 g/mol. The maximum absolute atomic E-state index is 14.0. The summed E-state index contributed by atoms with van der Waals surface area (Å²) in [5, 5.41) is 3.46. The molecule has 0 saturated heterocycles. The number of carbonyl (C=O) groups is 3. The van der Waals surface area contributed by atoms with Gasteiger partial charge in [-0.1, -0.05) is 85.1 Å². The first-order valence-electron chi connectivity index (χ1n) is 12.8. The van der Waals surface area contributed by atoms with E-state index in [4.69, 9.17) is 23.2 Å². The van der Waals surface area contributed by atoms with E-state index in [0.717, 1.165) is 18.4 Å². The van der Waals surface area contributed by atoms with Crippen molar-refractivity contribution in [3.8, 4) is 0 Å². The fourth-order valence-corrected chi connectivity index (χ4v) is 6.55. The molecule has 1 aliphatic heterocycles. The number of rotatable bonds is 11. The van der Waals surface area contributed by atoms with Crippen LogP contribution in [0.3, 0.4) is 0 Å². The van der Waals surface area contributed by atoms with Gasteiger partial charge in [0.25, 0.3) is 15.9 Å². The Labute approximate surface area is 243 Å². The summed E-state index contributed by atoms with van der Waals surface area (Å²) in [6, 6.07) is 18.8. The fraction of sp³-hybridized carbons (Fsp3) is 0.276. The lowest BCUT2D eigenvalue weighted by atomic mass is 10.0. The van der Waals surface area contributed by atoms with Crippen molar-refractivity contribution < 1.29 is 22.8 Å². The first-order chi connectivity index (χ1) is 19.1. The van der Waals surface area contributed by atoms with Gasteiger partial charge in [0.15, 0.2) is 0 Å². The van der Waals surface area contributed by atoms with E-state index in [-0.39, 0.29) is 33.5 Å². The van der Waals surface area contributed by atoms with Crippen molar-refractivity contribution in [3.63, 3.8) is 0 Å². The topological polar surface area (TPSA) is 104 Å². The minimum absolute atomic E-state index is 0.00542. The van der Waals surface area contributed by atoms with Gasteiger partial charge in [-0.3, -0.25) is 14.4 Å². The van der Waals surface area contributed by atoms with Crippen molar-refractivity contribution >= 4 is 50.9 Å². The van der Waals surface area contributed by atoms with Gasteiger partial charge in [0.05, 0.1) is 5.56 Å². The monoisotopic (exact) mass is 601 g/mol. The molecule has 1 N–H and O–H groups in total. The highest BCUT2D eigenvalue weighted by atomic mass is 35.5. The second-order valence-electron chi connectivity index (χ2n) is 9.38. The van der Waals surface area contributed by atoms with Gasteiger partial charge in [-0.25, -0.2) is 12.7 Å². The fourth-order valence-electron chi connectivity index (χ4n) is 4.51. The number of nitrogens with zero attached hydrogens (tertiary/aromatic N) is 2. The van der Waals surface area contributed by atoms with E-state index in [0.29, 0.717) is 16.4 Å². The number of hydrogen-bond acceptors (Lipinski definition) is 5. The van der Waals surface area contributed by atoms with Crippen LogP contribution < -0.4 is 5.32 Å². The molecule has 0 fully saturated rings. The molecule has 40 heavy (non-hydrogen) atoms. The van der Waals surface area contributed by atoms with Gasteiger partial charge in [-0.15, -0.1) is 0 Å². The zero-order valence-electron chi connectivity index (χ0n) is 21.8. The van der Waals surface area contributed by atoms with Crippen LogP contribution in [-0.4, -0.2) is 54.5 Å². The first kappa shape index (κ1) is 29.6. The molecule has 0 spiro atoms. The van der Waals surface area contributed by atoms with Gasteiger partial charge in [-0.2, -0.15) is 0 Å². The number of fused-ring (bicyclic) bond motifs is 1. The first-order valence-corrected chi connectivity index (χ1v) is 15.0. The Morgan fingerprint density at radius 2 is 1.60 bits per heavy atom. The normalized spacial score (nSPS) is 14.5. The highest BCUT2D eigenvalue weighted by Gasteiger charge is 2.43. The third-order valence-corrected chi connectivity index (χ3v) is 9.18. The molecule has 0 aromatic heterocycles. The Hall–Kier alpha value is -3.40. The Morgan fingerprint density at radius 3 is 2.25 bits per heavy atom. The molecule has 3 aromatic carbocycles. The molecular formula is C29H29Cl2N3O5S. The van der Waals surface area contributed by atoms with E-state index in [1.807, 2.05) is 37.3 Å². The summed E-state index contributed by atoms with van der Waals surface area (Å²) < 4.78 is 27.0. The summed E-state index contributed by atoms with van der Waals surface area (Å²) in [4.78, 5) is 41.7. The Kier molecular flexibility index (Phi) is 9.50. The minimum Gasteiger partial charge on any atom is -0.354 e. The molecule has 0 radical (unpaired) electrons. The number of hydrogen-bond donors (Lipinski definition) is 1. The van der Waals surface area contributed by atoms with E-state index in [1.165, 1.54) is 23.1 Å². The van der Waals surface area contributed by atoms with Gasteiger partial charge >= 0.3 is 0 Å². The molecule has 1 aliphatic rings. The highest BCUT2D eigenvalue weighted by Crippen LogP contribution is 2.31. The molecule has 3 amide bonds. The van der Waals surface area contributed by atoms with Crippen molar-refractivity contribution in [2.45, 2.75) is 43.7 Å². The van der Waals surface area contributed by atoms with Crippen LogP contribution in [0, 0.1) is 0 Å². The van der Waals surface area contributed by atoms with Gasteiger partial charge in [0, 0.05) is 35.1 Å². The SMILES string of the molecule is CCCCNC(=O)[C@@H](Cc1ccccc1)N(Cc1c(Cl)cccc1Cl)C(=O)CN1C(=O)c2ccccc2S1(=O)=O. The van der Waals surface area contributed by atoms with Crippen molar-refractivity contribution in [3.05, 3.63) is 99.5 Å². The summed E-state index contributed by atoms with van der Waals surface area (Å²) in [5.74, 6) is -1.95. The quantitative estimate of drug-likeness (QED) is 0.321. The standard InChI is InChI=1S/C29H29Cl2N3O5S/c1-2-3-16-32-28(36)25(17-20-10-5-4-6-11-20)33(18-22-23(30)13-9-14-24(22)31)27(35)19-34-29(37)21-12-7-8-15-26(21)40(34,38)39/h4-15,25H,2-3,16-19H2,1H3,(H,32,36)/t25-/m1/s1. The summed E-state index contributed by atoms with van der Waals surface area (Å²) >= 11 is 12.9. The average molecular weight is 603 g/mol. The number of unbranched alkanes of at least 4 members (excludes halogenated alkanes) is 1. The lowest BCUT2D eigenvalue weighted by Crippen LogP contribution is -2.53. The number of carbonyl (C=O) groups excluding carboxylic acids is 3. The van der Waals surface area contributed by atoms with Gasteiger partial charge in [0.1, 0.15) is 17.5 Å². The zero-order valence-corrected chi connectivity index (χ0v) is 24.2. The van der Waals surface area contributed by atoms with E-state index in [1.54, 1.807) is 24.3 Å². The van der Waals surface area contributed by atoms with Gasteiger partial charge in [-0.05, 0) is 36.2 Å². The van der Waals surface area contributed by atoms with Gasteiger partial charge < -0.3 is 10.2 Å². The summed E-state index contributed by atoms with van der Waals surface area (Å²) in [5.41, 5.74) is 1.19. The second-order valence-corrected chi connectivity index (χ2v) is 12.0. The minimum atomic E-state index is -4.25. The van der Waals surface area contributed by atoms with Crippen LogP contribution in [0.5, 0.6) is 0 Å². The Balaban J connectivity index is 1.73. The number of halogens is 2. The second kappa shape index (κ2) is 12.8. The molecule has 1 heterocycles. The maximum atomic E-state index is 14.0. The molecule has 0 saturated carbocycles. The van der Waals surface area contributed by atoms with Gasteiger partial charge in [0.2, 0.25) is 11.8 Å². The Bertz CT molecular complexity index is 1490. The third-order valence-electron chi connectivity index (χ3n) is 6.68. The molecule has 8 nitrogen and oxygen atoms in total. The van der Waals surface area contributed by atoms with E-state index in [2.05, 4.69) is 5.32 Å². The highest BCUT2D eigenvalue weighted by molar-refractivity contribution is 7.90. The lowest BCUT2D eigenvalue weighted by Gasteiger charge is -2.33. The largest absolute Gasteiger partial charge is 0.354 e. The van der Waals surface area contributed by atoms with Crippen LogP contribution in [-0.2, 0) is 32.6 Å². The van der Waals surface area contributed by atoms with Crippen LogP contribution in [0.2, 0.25) is 10.0 Å². The average Bonchev–Trinajstić information content (AvgIpc) is 3.13. The van der Waals surface area contributed by atoms with E-state index >= 15 is 0 Å². The summed E-state index contributed by atoms with van der Waals surface area (Å²) in [7, 11) is -4.25. The molecule has 0 aliphatic carbocycles. The number of amides is 3. The van der Waals surface area contributed by atoms with Crippen LogP contribution >= 0.6 is 23.2 Å². The molecule has 210 valence electrons. The number of nitrogens with one attached hydrogen (secondary N) is 1. The lowest BCUT2D eigenvalue weighted by molar-refractivity contribution is -0.141. The van der Waals surface area contributed by atoms with Crippen molar-refractivity contribution in [2.24, 2.45) is 0 Å². The smallest absolute Gasteiger partial charge is 0.269 e. The Morgan fingerprint density at radius 1 is 0.950 bits per heavy atom. The van der Waals surface area contributed by atoms with Crippen LogP contribution in [0.1, 0.15) is 41.3 Å². The maximum Gasteiger partial charge on any atom is 0.269 e. The van der Waals surface area contributed by atoms with Crippen LogP contribution in [0.4, 0.5) is 0 Å². The number of benzene rings is 3. The molecule has 0 bridgehead atoms. The number of sulfonamides is 1. The summed E-state index contributed by atoms with van der Waals surface area (Å²) in [6.45, 7) is 1.44. The molecule has 1 atom stereocenters. The van der Waals surface area contributed by atoms with Crippen molar-refractivity contribution in [1.29, 1.82) is 0 Å². The predicted molar refractivity (Wildman–Crippen MR) is 154 cm³/mol. The van der Waals surface area contributed by atoms with Crippen LogP contribution in [0.15, 0.2) is 77.7 Å². The zero-order chi connectivity index (χ0) is 28.9. The van der Waals surface area contributed by atoms with Crippen LogP contribution in [0.25, 0.3) is 0 Å². The predicted octanol–water partition coefficient (Wildman–Crippen LogP) is 4.69. The summed E-state index contributed by atoms with van der Waals surface area (Å²) in [6.07, 6.45) is 1.75. The molecule has 3 aromatic rings.